The smallest absolute Gasteiger partial charge is 0.238 e. The molecular weight excluding hydrogens is 292 g/mol. The topological polar surface area (TPSA) is 109 Å². The highest BCUT2D eigenvalue weighted by Gasteiger charge is 2.08. The number of nitrogens with one attached hydrogen (secondary N) is 1. The molecule has 2 aromatic rings. The van der Waals surface area contributed by atoms with Crippen molar-refractivity contribution in [3.63, 3.8) is 0 Å². The number of primary sulfonamides is 1. The number of phenolic OH excluding ortho intramolecular Hbond substituents is 1. The molecule has 4 N–H and O–H groups in total. The first kappa shape index (κ1) is 15.0. The van der Waals surface area contributed by atoms with Gasteiger partial charge < -0.3 is 10.4 Å². The van der Waals surface area contributed by atoms with E-state index in [-0.39, 0.29) is 23.0 Å². The second kappa shape index (κ2) is 5.94. The summed E-state index contributed by atoms with van der Waals surface area (Å²) < 4.78 is 22.2. The van der Waals surface area contributed by atoms with Crippen LogP contribution in [0.5, 0.6) is 5.75 Å². The predicted octanol–water partition coefficient (Wildman–Crippen LogP) is 1.22. The molecule has 0 heterocycles. The third-order valence-corrected chi connectivity index (χ3v) is 3.67. The van der Waals surface area contributed by atoms with Crippen LogP contribution in [-0.2, 0) is 21.2 Å². The molecule has 2 rings (SSSR count). The number of hydrogen-bond acceptors (Lipinski definition) is 4. The minimum absolute atomic E-state index is 0.0199. The monoisotopic (exact) mass is 306 g/mol. The van der Waals surface area contributed by atoms with Gasteiger partial charge in [0, 0.05) is 5.69 Å². The third-order valence-electron chi connectivity index (χ3n) is 2.74. The van der Waals surface area contributed by atoms with Crippen molar-refractivity contribution in [3.8, 4) is 5.75 Å². The number of nitrogens with two attached hydrogens (primary N) is 1. The number of rotatable bonds is 4. The van der Waals surface area contributed by atoms with Gasteiger partial charge in [-0.3, -0.25) is 4.79 Å². The molecule has 1 amide bonds. The van der Waals surface area contributed by atoms with Gasteiger partial charge in [-0.1, -0.05) is 12.1 Å². The third kappa shape index (κ3) is 4.30. The molecule has 0 aliphatic heterocycles. The lowest BCUT2D eigenvalue weighted by molar-refractivity contribution is -0.115. The molecule has 0 radical (unpaired) electrons. The van der Waals surface area contributed by atoms with Crippen molar-refractivity contribution in [2.45, 2.75) is 11.3 Å². The molecule has 0 aliphatic rings. The molecule has 7 heteroatoms. The first-order valence-electron chi connectivity index (χ1n) is 6.05. The Morgan fingerprint density at radius 3 is 2.38 bits per heavy atom. The highest BCUT2D eigenvalue weighted by atomic mass is 32.2. The van der Waals surface area contributed by atoms with Gasteiger partial charge in [-0.15, -0.1) is 0 Å². The molecule has 0 spiro atoms. The van der Waals surface area contributed by atoms with Crippen molar-refractivity contribution in [1.29, 1.82) is 0 Å². The van der Waals surface area contributed by atoms with Crippen LogP contribution < -0.4 is 10.5 Å². The number of aromatic hydroxyl groups is 1. The van der Waals surface area contributed by atoms with Gasteiger partial charge in [0.1, 0.15) is 5.75 Å². The van der Waals surface area contributed by atoms with E-state index >= 15 is 0 Å². The summed E-state index contributed by atoms with van der Waals surface area (Å²) in [5.41, 5.74) is 1.14. The SMILES string of the molecule is NS(=O)(=O)c1ccc(NC(=O)Cc2cccc(O)c2)cc1. The van der Waals surface area contributed by atoms with E-state index in [9.17, 15) is 18.3 Å². The van der Waals surface area contributed by atoms with Crippen LogP contribution in [0.2, 0.25) is 0 Å². The van der Waals surface area contributed by atoms with Crippen molar-refractivity contribution in [2.24, 2.45) is 5.14 Å². The Bertz CT molecular complexity index is 755. The number of anilines is 1. The van der Waals surface area contributed by atoms with E-state index < -0.39 is 10.0 Å². The number of phenols is 1. The van der Waals surface area contributed by atoms with E-state index in [0.717, 1.165) is 0 Å². The Hall–Kier alpha value is -2.38. The minimum atomic E-state index is -3.74. The maximum atomic E-state index is 11.8. The lowest BCUT2D eigenvalue weighted by Crippen LogP contribution is -2.15. The van der Waals surface area contributed by atoms with Gasteiger partial charge in [-0.05, 0) is 42.0 Å². The van der Waals surface area contributed by atoms with Crippen LogP contribution in [0.1, 0.15) is 5.56 Å². The van der Waals surface area contributed by atoms with Crippen LogP contribution in [0.4, 0.5) is 5.69 Å². The highest BCUT2D eigenvalue weighted by Crippen LogP contribution is 2.14. The number of hydrogen-bond donors (Lipinski definition) is 3. The molecule has 6 nitrogen and oxygen atoms in total. The summed E-state index contributed by atoms with van der Waals surface area (Å²) in [5.74, 6) is -0.179. The zero-order chi connectivity index (χ0) is 15.5. The van der Waals surface area contributed by atoms with Gasteiger partial charge in [-0.25, -0.2) is 13.6 Å². The van der Waals surface area contributed by atoms with Gasteiger partial charge in [0.25, 0.3) is 0 Å². The van der Waals surface area contributed by atoms with E-state index in [2.05, 4.69) is 5.32 Å². The van der Waals surface area contributed by atoms with E-state index in [1.54, 1.807) is 12.1 Å². The summed E-state index contributed by atoms with van der Waals surface area (Å²) >= 11 is 0. The average molecular weight is 306 g/mol. The largest absolute Gasteiger partial charge is 0.508 e. The Morgan fingerprint density at radius 1 is 1.14 bits per heavy atom. The number of benzene rings is 2. The Labute approximate surface area is 122 Å². The quantitative estimate of drug-likeness (QED) is 0.789. The summed E-state index contributed by atoms with van der Waals surface area (Å²) in [6.07, 6.45) is 0.103. The number of carbonyl (C=O) groups is 1. The average Bonchev–Trinajstić information content (AvgIpc) is 2.38. The van der Waals surface area contributed by atoms with E-state index in [0.29, 0.717) is 11.3 Å². The lowest BCUT2D eigenvalue weighted by atomic mass is 10.1. The van der Waals surface area contributed by atoms with Gasteiger partial charge in [0.05, 0.1) is 11.3 Å². The zero-order valence-corrected chi connectivity index (χ0v) is 11.8. The molecule has 0 saturated heterocycles. The zero-order valence-electron chi connectivity index (χ0n) is 11.0. The van der Waals surface area contributed by atoms with Crippen LogP contribution in [0.3, 0.4) is 0 Å². The molecular formula is C14H14N2O4S. The normalized spacial score (nSPS) is 11.1. The summed E-state index contributed by atoms with van der Waals surface area (Å²) in [5, 5.41) is 16.9. The van der Waals surface area contributed by atoms with Crippen LogP contribution in [0.25, 0.3) is 0 Å². The minimum Gasteiger partial charge on any atom is -0.508 e. The molecule has 0 fully saturated rings. The van der Waals surface area contributed by atoms with Crippen molar-refractivity contribution in [2.75, 3.05) is 5.32 Å². The molecule has 0 unspecified atom stereocenters. The number of carbonyl (C=O) groups excluding carboxylic acids is 1. The standard InChI is InChI=1S/C14H14N2O4S/c15-21(19,20)13-6-4-11(5-7-13)16-14(18)9-10-2-1-3-12(17)8-10/h1-8,17H,9H2,(H,16,18)(H2,15,19,20). The van der Waals surface area contributed by atoms with Crippen LogP contribution in [0, 0.1) is 0 Å². The first-order chi connectivity index (χ1) is 9.84. The summed E-state index contributed by atoms with van der Waals surface area (Å²) in [4.78, 5) is 11.8. The fourth-order valence-electron chi connectivity index (χ4n) is 1.78. The van der Waals surface area contributed by atoms with Crippen molar-refractivity contribution in [3.05, 3.63) is 54.1 Å². The van der Waals surface area contributed by atoms with Crippen molar-refractivity contribution >= 4 is 21.6 Å². The second-order valence-corrected chi connectivity index (χ2v) is 6.03. The Balaban J connectivity index is 2.03. The van der Waals surface area contributed by atoms with Crippen molar-refractivity contribution < 1.29 is 18.3 Å². The fourth-order valence-corrected chi connectivity index (χ4v) is 2.30. The van der Waals surface area contributed by atoms with Crippen LogP contribution in [-0.4, -0.2) is 19.4 Å². The van der Waals surface area contributed by atoms with Crippen molar-refractivity contribution in [1.82, 2.24) is 0 Å². The maximum absolute atomic E-state index is 11.8. The fraction of sp³-hybridized carbons (Fsp3) is 0.0714. The number of sulfonamides is 1. The van der Waals surface area contributed by atoms with Gasteiger partial charge in [0.15, 0.2) is 0 Å². The summed E-state index contributed by atoms with van der Waals surface area (Å²) in [6.45, 7) is 0. The van der Waals surface area contributed by atoms with Gasteiger partial charge >= 0.3 is 0 Å². The first-order valence-corrected chi connectivity index (χ1v) is 7.60. The molecule has 0 aliphatic carbocycles. The van der Waals surface area contributed by atoms with Gasteiger partial charge in [-0.2, -0.15) is 0 Å². The predicted molar refractivity (Wildman–Crippen MR) is 78.3 cm³/mol. The van der Waals surface area contributed by atoms with E-state index in [1.165, 1.54) is 36.4 Å². The molecule has 21 heavy (non-hydrogen) atoms. The maximum Gasteiger partial charge on any atom is 0.238 e. The highest BCUT2D eigenvalue weighted by molar-refractivity contribution is 7.89. The Kier molecular flexibility index (Phi) is 4.25. The second-order valence-electron chi connectivity index (χ2n) is 4.46. The van der Waals surface area contributed by atoms with Crippen LogP contribution in [0.15, 0.2) is 53.4 Å². The molecule has 0 aromatic heterocycles. The molecule has 0 atom stereocenters. The summed E-state index contributed by atoms with van der Waals surface area (Å²) in [7, 11) is -3.74. The van der Waals surface area contributed by atoms with Gasteiger partial charge in [0.2, 0.25) is 15.9 Å². The summed E-state index contributed by atoms with van der Waals surface area (Å²) in [6, 6.07) is 12.0. The lowest BCUT2D eigenvalue weighted by Gasteiger charge is -2.06. The number of amides is 1. The van der Waals surface area contributed by atoms with Crippen LogP contribution >= 0.6 is 0 Å². The Morgan fingerprint density at radius 2 is 1.81 bits per heavy atom. The molecule has 0 bridgehead atoms. The molecule has 2 aromatic carbocycles. The van der Waals surface area contributed by atoms with E-state index in [4.69, 9.17) is 5.14 Å². The molecule has 110 valence electrons. The van der Waals surface area contributed by atoms with E-state index in [1.807, 2.05) is 0 Å². The molecule has 0 saturated carbocycles.